The average Bonchev–Trinajstić information content (AvgIpc) is 1.84. The summed E-state index contributed by atoms with van der Waals surface area (Å²) >= 11 is 0. The molecule has 0 aromatic carbocycles. The molecule has 0 bridgehead atoms. The highest BCUT2D eigenvalue weighted by Gasteiger charge is 2.20. The van der Waals surface area contributed by atoms with Crippen LogP contribution in [0.3, 0.4) is 0 Å². The predicted octanol–water partition coefficient (Wildman–Crippen LogP) is -0.720. The third-order valence-corrected chi connectivity index (χ3v) is 2.08. The van der Waals surface area contributed by atoms with E-state index in [-0.39, 0.29) is 0 Å². The van der Waals surface area contributed by atoms with Crippen LogP contribution in [0.2, 0.25) is 0 Å². The summed E-state index contributed by atoms with van der Waals surface area (Å²) < 4.78 is 10.3. The highest BCUT2D eigenvalue weighted by atomic mass is 31.2. The van der Waals surface area contributed by atoms with Crippen molar-refractivity contribution in [3.05, 3.63) is 0 Å². The van der Waals surface area contributed by atoms with Crippen molar-refractivity contribution in [1.29, 1.82) is 0 Å². The maximum Gasteiger partial charge on any atom is 0.338 e. The standard InChI is InChI=1S/C2H7N2O2P/c5-7(6)3-1-2-4-7/h1-2H2,(H3,3,4,5,6). The van der Waals surface area contributed by atoms with Gasteiger partial charge in [0.05, 0.1) is 0 Å². The van der Waals surface area contributed by atoms with Crippen molar-refractivity contribution in [2.75, 3.05) is 13.1 Å². The molecule has 0 aromatic rings. The summed E-state index contributed by atoms with van der Waals surface area (Å²) in [5, 5.41) is 4.79. The number of hydrogen-bond acceptors (Lipinski definition) is 1. The lowest BCUT2D eigenvalue weighted by molar-refractivity contribution is 0.466. The maximum absolute atomic E-state index is 10.3. The van der Waals surface area contributed by atoms with E-state index in [4.69, 9.17) is 4.89 Å². The lowest BCUT2D eigenvalue weighted by Crippen LogP contribution is -2.03. The maximum atomic E-state index is 10.3. The highest BCUT2D eigenvalue weighted by molar-refractivity contribution is 7.53. The molecule has 0 radical (unpaired) electrons. The molecule has 0 saturated carbocycles. The van der Waals surface area contributed by atoms with Gasteiger partial charge in [-0.25, -0.2) is 10.2 Å². The third-order valence-electron chi connectivity index (χ3n) is 0.777. The van der Waals surface area contributed by atoms with Crippen LogP contribution in [0.15, 0.2) is 0 Å². The zero-order chi connectivity index (χ0) is 5.33. The zero-order valence-electron chi connectivity index (χ0n) is 3.72. The lowest BCUT2D eigenvalue weighted by atomic mass is 10.7. The van der Waals surface area contributed by atoms with Crippen LogP contribution < -0.4 is 10.2 Å². The largest absolute Gasteiger partial charge is 0.338 e. The first-order chi connectivity index (χ1) is 3.21. The van der Waals surface area contributed by atoms with Crippen LogP contribution in [-0.4, -0.2) is 18.0 Å². The van der Waals surface area contributed by atoms with Gasteiger partial charge in [0.15, 0.2) is 0 Å². The molecule has 7 heavy (non-hydrogen) atoms. The zero-order valence-corrected chi connectivity index (χ0v) is 4.61. The molecule has 3 N–H and O–H groups in total. The number of nitrogens with one attached hydrogen (secondary N) is 2. The second-order valence-corrected chi connectivity index (χ2v) is 3.18. The monoisotopic (exact) mass is 122 g/mol. The van der Waals surface area contributed by atoms with Crippen molar-refractivity contribution in [3.8, 4) is 0 Å². The molecule has 0 amide bonds. The fourth-order valence-corrected chi connectivity index (χ4v) is 1.41. The molecule has 0 atom stereocenters. The average molecular weight is 122 g/mol. The first kappa shape index (κ1) is 5.25. The molecule has 1 aliphatic rings. The second kappa shape index (κ2) is 1.56. The van der Waals surface area contributed by atoms with Crippen LogP contribution in [0.5, 0.6) is 0 Å². The molecule has 1 aliphatic heterocycles. The Morgan fingerprint density at radius 1 is 1.43 bits per heavy atom. The van der Waals surface area contributed by atoms with Crippen molar-refractivity contribution in [2.45, 2.75) is 0 Å². The van der Waals surface area contributed by atoms with Gasteiger partial charge in [-0.1, -0.05) is 0 Å². The van der Waals surface area contributed by atoms with E-state index in [9.17, 15) is 4.57 Å². The highest BCUT2D eigenvalue weighted by Crippen LogP contribution is 2.31. The van der Waals surface area contributed by atoms with Crippen molar-refractivity contribution in [2.24, 2.45) is 0 Å². The summed E-state index contributed by atoms with van der Waals surface area (Å²) in [6.07, 6.45) is 0. The molecule has 1 heterocycles. The van der Waals surface area contributed by atoms with Gasteiger partial charge in [0.2, 0.25) is 0 Å². The minimum Gasteiger partial charge on any atom is -0.322 e. The first-order valence-corrected chi connectivity index (χ1v) is 3.70. The van der Waals surface area contributed by atoms with Gasteiger partial charge < -0.3 is 4.89 Å². The molecule has 0 spiro atoms. The SMILES string of the molecule is O=P1(O)NCCN1. The topological polar surface area (TPSA) is 61.4 Å². The Balaban J connectivity index is 2.57. The van der Waals surface area contributed by atoms with E-state index in [1.807, 2.05) is 0 Å². The van der Waals surface area contributed by atoms with Gasteiger partial charge in [-0.05, 0) is 0 Å². The quantitative estimate of drug-likeness (QED) is 0.371. The van der Waals surface area contributed by atoms with Crippen LogP contribution in [0.4, 0.5) is 0 Å². The smallest absolute Gasteiger partial charge is 0.322 e. The van der Waals surface area contributed by atoms with Gasteiger partial charge in [0, 0.05) is 13.1 Å². The van der Waals surface area contributed by atoms with E-state index >= 15 is 0 Å². The van der Waals surface area contributed by atoms with Crippen molar-refractivity contribution in [1.82, 2.24) is 10.2 Å². The van der Waals surface area contributed by atoms with E-state index in [1.54, 1.807) is 0 Å². The summed E-state index contributed by atoms with van der Waals surface area (Å²) in [4.78, 5) is 8.53. The van der Waals surface area contributed by atoms with Crippen LogP contribution in [0.25, 0.3) is 0 Å². The number of hydrogen-bond donors (Lipinski definition) is 3. The fraction of sp³-hybridized carbons (Fsp3) is 1.00. The van der Waals surface area contributed by atoms with Crippen molar-refractivity contribution in [3.63, 3.8) is 0 Å². The normalized spacial score (nSPS) is 28.1. The Morgan fingerprint density at radius 2 is 1.86 bits per heavy atom. The van der Waals surface area contributed by atoms with Gasteiger partial charge in [0.25, 0.3) is 0 Å². The Bertz CT molecular complexity index is 104. The van der Waals surface area contributed by atoms with E-state index in [1.165, 1.54) is 0 Å². The van der Waals surface area contributed by atoms with Gasteiger partial charge >= 0.3 is 7.67 Å². The summed E-state index contributed by atoms with van der Waals surface area (Å²) in [7, 11) is -3.04. The van der Waals surface area contributed by atoms with Gasteiger partial charge in [-0.3, -0.25) is 4.57 Å². The Morgan fingerprint density at radius 3 is 2.00 bits per heavy atom. The second-order valence-electron chi connectivity index (χ2n) is 1.39. The van der Waals surface area contributed by atoms with E-state index < -0.39 is 7.67 Å². The Labute approximate surface area is 41.5 Å². The molecule has 42 valence electrons. The summed E-state index contributed by atoms with van der Waals surface area (Å²) in [6.45, 7) is 1.18. The van der Waals surface area contributed by atoms with E-state index in [0.717, 1.165) is 0 Å². The molecule has 1 fully saturated rings. The minimum atomic E-state index is -3.04. The van der Waals surface area contributed by atoms with Gasteiger partial charge in [-0.2, -0.15) is 0 Å². The summed E-state index contributed by atoms with van der Waals surface area (Å²) in [5.74, 6) is 0. The fourth-order valence-electron chi connectivity index (χ4n) is 0.471. The molecular formula is C2H7N2O2P. The van der Waals surface area contributed by atoms with Gasteiger partial charge in [-0.15, -0.1) is 0 Å². The van der Waals surface area contributed by atoms with E-state index in [2.05, 4.69) is 10.2 Å². The van der Waals surface area contributed by atoms with Crippen molar-refractivity contribution >= 4 is 7.67 Å². The van der Waals surface area contributed by atoms with Crippen LogP contribution >= 0.6 is 7.67 Å². The van der Waals surface area contributed by atoms with Crippen molar-refractivity contribution < 1.29 is 9.46 Å². The minimum absolute atomic E-state index is 0.591. The Kier molecular flexibility index (Phi) is 1.17. The lowest BCUT2D eigenvalue weighted by Gasteiger charge is -1.97. The summed E-state index contributed by atoms with van der Waals surface area (Å²) in [5.41, 5.74) is 0. The van der Waals surface area contributed by atoms with Crippen LogP contribution in [0, 0.1) is 0 Å². The molecule has 0 aliphatic carbocycles. The predicted molar refractivity (Wildman–Crippen MR) is 25.8 cm³/mol. The number of rotatable bonds is 0. The molecular weight excluding hydrogens is 115 g/mol. The third kappa shape index (κ3) is 1.24. The molecule has 0 unspecified atom stereocenters. The van der Waals surface area contributed by atoms with Gasteiger partial charge in [0.1, 0.15) is 0 Å². The Hall–Kier alpha value is 0.110. The molecule has 0 aromatic heterocycles. The van der Waals surface area contributed by atoms with Crippen LogP contribution in [0.1, 0.15) is 0 Å². The summed E-state index contributed by atoms with van der Waals surface area (Å²) in [6, 6.07) is 0. The molecule has 5 heteroatoms. The molecule has 1 saturated heterocycles. The molecule has 4 nitrogen and oxygen atoms in total. The van der Waals surface area contributed by atoms with E-state index in [0.29, 0.717) is 13.1 Å². The first-order valence-electron chi connectivity index (χ1n) is 2.04. The molecule has 1 rings (SSSR count). The van der Waals surface area contributed by atoms with Crippen LogP contribution in [-0.2, 0) is 4.57 Å².